The quantitative estimate of drug-likeness (QED) is 0.337. The van der Waals surface area contributed by atoms with Gasteiger partial charge in [0.1, 0.15) is 11.9 Å². The molecule has 1 aliphatic rings. The molecule has 1 heterocycles. The van der Waals surface area contributed by atoms with E-state index < -0.39 is 39.9 Å². The van der Waals surface area contributed by atoms with E-state index in [1.54, 1.807) is 25.1 Å². The highest BCUT2D eigenvalue weighted by molar-refractivity contribution is 7.89. The summed E-state index contributed by atoms with van der Waals surface area (Å²) in [6.45, 7) is 3.33. The number of carbonyl (C=O) groups excluding carboxylic acids is 2. The van der Waals surface area contributed by atoms with Gasteiger partial charge in [-0.25, -0.2) is 17.6 Å². The predicted molar refractivity (Wildman–Crippen MR) is 158 cm³/mol. The van der Waals surface area contributed by atoms with Crippen LogP contribution in [0.25, 0.3) is 0 Å². The van der Waals surface area contributed by atoms with Crippen molar-refractivity contribution in [2.75, 3.05) is 37.4 Å². The number of amides is 3. The average molecular weight is 619 g/mol. The minimum atomic E-state index is -3.92. The van der Waals surface area contributed by atoms with E-state index >= 15 is 0 Å². The number of urea groups is 1. The molecule has 0 aromatic heterocycles. The number of hydrogen-bond donors (Lipinski definition) is 3. The molecule has 10 nitrogen and oxygen atoms in total. The van der Waals surface area contributed by atoms with Gasteiger partial charge in [0.05, 0.1) is 35.3 Å². The van der Waals surface area contributed by atoms with Crippen molar-refractivity contribution in [3.63, 3.8) is 0 Å². The summed E-state index contributed by atoms with van der Waals surface area (Å²) in [7, 11) is -2.49. The molecule has 3 atom stereocenters. The van der Waals surface area contributed by atoms with E-state index in [1.807, 2.05) is 6.92 Å². The number of ether oxygens (including phenoxy) is 1. The Morgan fingerprint density at radius 1 is 1.14 bits per heavy atom. The molecule has 13 heteroatoms. The number of nitrogens with one attached hydrogen (secondary N) is 2. The second kappa shape index (κ2) is 13.1. The SMILES string of the molecule is C[C@@H]1CN([C@@H](C)CO)C(=O)c2cccc(NC(=O)Nc3ccc(F)cc3)c2O[C@@H]1CN(C)S(=O)(=O)c1ccc(Cl)cc1. The maximum absolute atomic E-state index is 13.7. The van der Waals surface area contributed by atoms with Crippen molar-refractivity contribution in [1.29, 1.82) is 0 Å². The zero-order valence-corrected chi connectivity index (χ0v) is 24.8. The monoisotopic (exact) mass is 618 g/mol. The molecule has 3 N–H and O–H groups in total. The van der Waals surface area contributed by atoms with E-state index in [0.29, 0.717) is 10.7 Å². The number of benzene rings is 3. The lowest BCUT2D eigenvalue weighted by atomic mass is 9.99. The Hall–Kier alpha value is -3.71. The second-order valence-corrected chi connectivity index (χ2v) is 12.6. The number of rotatable bonds is 8. The predicted octanol–water partition coefficient (Wildman–Crippen LogP) is 4.66. The Kier molecular flexibility index (Phi) is 9.72. The molecule has 0 spiro atoms. The van der Waals surface area contributed by atoms with Gasteiger partial charge in [-0.1, -0.05) is 24.6 Å². The fraction of sp³-hybridized carbons (Fsp3) is 0.310. The zero-order valence-electron chi connectivity index (χ0n) is 23.3. The van der Waals surface area contributed by atoms with Gasteiger partial charge in [-0.15, -0.1) is 0 Å². The van der Waals surface area contributed by atoms with Crippen LogP contribution in [0.1, 0.15) is 24.2 Å². The number of para-hydroxylation sites is 1. The number of anilines is 2. The van der Waals surface area contributed by atoms with Crippen molar-refractivity contribution in [3.8, 4) is 5.75 Å². The van der Waals surface area contributed by atoms with Gasteiger partial charge in [0.15, 0.2) is 5.75 Å². The highest BCUT2D eigenvalue weighted by atomic mass is 35.5. The van der Waals surface area contributed by atoms with Gasteiger partial charge < -0.3 is 25.4 Å². The summed E-state index contributed by atoms with van der Waals surface area (Å²) >= 11 is 5.93. The van der Waals surface area contributed by atoms with E-state index in [-0.39, 0.29) is 47.5 Å². The molecule has 0 radical (unpaired) electrons. The lowest BCUT2D eigenvalue weighted by molar-refractivity contribution is 0.0389. The summed E-state index contributed by atoms with van der Waals surface area (Å²) in [5.74, 6) is -1.20. The van der Waals surface area contributed by atoms with Gasteiger partial charge in [-0.2, -0.15) is 4.31 Å². The third-order valence-electron chi connectivity index (χ3n) is 7.00. The summed E-state index contributed by atoms with van der Waals surface area (Å²) in [5.41, 5.74) is 0.641. The first-order chi connectivity index (χ1) is 19.9. The number of aliphatic hydroxyl groups excluding tert-OH is 1. The molecule has 42 heavy (non-hydrogen) atoms. The van der Waals surface area contributed by atoms with Crippen LogP contribution >= 0.6 is 11.6 Å². The number of halogens is 2. The van der Waals surface area contributed by atoms with Crippen LogP contribution in [-0.2, 0) is 10.0 Å². The Balaban J connectivity index is 1.68. The van der Waals surface area contributed by atoms with Crippen LogP contribution in [0.4, 0.5) is 20.6 Å². The molecule has 0 saturated carbocycles. The molecular formula is C29H32ClFN4O6S. The Morgan fingerprint density at radius 2 is 1.81 bits per heavy atom. The third-order valence-corrected chi connectivity index (χ3v) is 9.09. The van der Waals surface area contributed by atoms with Crippen LogP contribution in [0.2, 0.25) is 5.02 Å². The molecule has 224 valence electrons. The summed E-state index contributed by atoms with van der Waals surface area (Å²) in [6, 6.07) is 14.5. The van der Waals surface area contributed by atoms with E-state index in [0.717, 1.165) is 4.31 Å². The van der Waals surface area contributed by atoms with Crippen molar-refractivity contribution in [1.82, 2.24) is 9.21 Å². The second-order valence-electron chi connectivity index (χ2n) is 10.1. The van der Waals surface area contributed by atoms with Gasteiger partial charge in [0.25, 0.3) is 5.91 Å². The Morgan fingerprint density at radius 3 is 2.45 bits per heavy atom. The summed E-state index contributed by atoms with van der Waals surface area (Å²) in [4.78, 5) is 28.1. The molecule has 4 rings (SSSR count). The van der Waals surface area contributed by atoms with Crippen molar-refractivity contribution in [2.24, 2.45) is 5.92 Å². The lowest BCUT2D eigenvalue weighted by Gasteiger charge is -2.38. The molecule has 0 bridgehead atoms. The fourth-order valence-electron chi connectivity index (χ4n) is 4.52. The summed E-state index contributed by atoms with van der Waals surface area (Å²) in [6.07, 6.45) is -0.763. The normalized spacial score (nSPS) is 18.0. The largest absolute Gasteiger partial charge is 0.486 e. The van der Waals surface area contributed by atoms with Gasteiger partial charge in [0.2, 0.25) is 10.0 Å². The number of nitrogens with zero attached hydrogens (tertiary/aromatic N) is 2. The molecule has 3 aromatic rings. The van der Waals surface area contributed by atoms with E-state index in [2.05, 4.69) is 10.6 Å². The standard InChI is InChI=1S/C29H32ClFN4O6S/c1-18-15-35(19(2)17-36)28(37)24-5-4-6-25(33-29(38)32-22-11-9-21(31)10-12-22)27(24)41-26(18)16-34(3)42(39,40)23-13-7-20(30)8-14-23/h4-14,18-19,26,36H,15-17H2,1-3H3,(H2,32,33,38)/t18-,19+,26-/m1/s1. The fourth-order valence-corrected chi connectivity index (χ4v) is 5.82. The molecule has 0 unspecified atom stereocenters. The lowest BCUT2D eigenvalue weighted by Crippen LogP contribution is -2.50. The van der Waals surface area contributed by atoms with Gasteiger partial charge in [0, 0.05) is 30.2 Å². The maximum atomic E-state index is 13.7. The van der Waals surface area contributed by atoms with E-state index in [4.69, 9.17) is 16.3 Å². The number of sulfonamides is 1. The molecule has 3 aromatic carbocycles. The van der Waals surface area contributed by atoms with Crippen LogP contribution in [-0.4, -0.2) is 73.6 Å². The molecule has 3 amide bonds. The molecule has 0 fully saturated rings. The highest BCUT2D eigenvalue weighted by Crippen LogP contribution is 2.35. The first-order valence-electron chi connectivity index (χ1n) is 13.2. The number of hydrogen-bond acceptors (Lipinski definition) is 6. The minimum absolute atomic E-state index is 0.0545. The zero-order chi connectivity index (χ0) is 30.6. The first kappa shape index (κ1) is 31.2. The van der Waals surface area contributed by atoms with Crippen molar-refractivity contribution >= 4 is 44.9 Å². The molecule has 0 saturated heterocycles. The Labute approximate surface area is 249 Å². The summed E-state index contributed by atoms with van der Waals surface area (Å²) < 4.78 is 47.5. The van der Waals surface area contributed by atoms with E-state index in [9.17, 15) is 27.5 Å². The molecule has 0 aliphatic carbocycles. The number of fused-ring (bicyclic) bond motifs is 1. The maximum Gasteiger partial charge on any atom is 0.323 e. The number of aliphatic hydroxyl groups is 1. The topological polar surface area (TPSA) is 128 Å². The average Bonchev–Trinajstić information content (AvgIpc) is 2.96. The number of likely N-dealkylation sites (N-methyl/N-ethyl adjacent to an activating group) is 1. The van der Waals surface area contributed by atoms with Gasteiger partial charge >= 0.3 is 6.03 Å². The first-order valence-corrected chi connectivity index (χ1v) is 15.0. The van der Waals surface area contributed by atoms with Crippen LogP contribution in [0.3, 0.4) is 0 Å². The van der Waals surface area contributed by atoms with Crippen LogP contribution in [0, 0.1) is 11.7 Å². The van der Waals surface area contributed by atoms with E-state index in [1.165, 1.54) is 60.5 Å². The van der Waals surface area contributed by atoms with Crippen molar-refractivity contribution < 1.29 is 32.2 Å². The van der Waals surface area contributed by atoms with Crippen molar-refractivity contribution in [3.05, 3.63) is 83.1 Å². The van der Waals surface area contributed by atoms with Crippen LogP contribution < -0.4 is 15.4 Å². The molecular weight excluding hydrogens is 587 g/mol. The smallest absolute Gasteiger partial charge is 0.323 e. The van der Waals surface area contributed by atoms with Crippen molar-refractivity contribution in [2.45, 2.75) is 30.9 Å². The third kappa shape index (κ3) is 7.01. The highest BCUT2D eigenvalue weighted by Gasteiger charge is 2.36. The van der Waals surface area contributed by atoms with Crippen LogP contribution in [0.15, 0.2) is 71.6 Å². The Bertz CT molecular complexity index is 1540. The van der Waals surface area contributed by atoms with Gasteiger partial charge in [-0.05, 0) is 67.6 Å². The number of carbonyl (C=O) groups is 2. The van der Waals surface area contributed by atoms with Crippen LogP contribution in [0.5, 0.6) is 5.75 Å². The molecule has 1 aliphatic heterocycles. The summed E-state index contributed by atoms with van der Waals surface area (Å²) in [5, 5.41) is 15.6. The minimum Gasteiger partial charge on any atom is -0.486 e. The van der Waals surface area contributed by atoms with Gasteiger partial charge in [-0.3, -0.25) is 4.79 Å².